The second-order valence-electron chi connectivity index (χ2n) is 4.32. The van der Waals surface area contributed by atoms with Gasteiger partial charge < -0.3 is 10.6 Å². The second kappa shape index (κ2) is 5.40. The molecule has 5 heteroatoms. The van der Waals surface area contributed by atoms with E-state index in [0.29, 0.717) is 16.1 Å². The highest BCUT2D eigenvalue weighted by molar-refractivity contribution is 7.12. The lowest BCUT2D eigenvalue weighted by molar-refractivity contribution is 0.0746. The van der Waals surface area contributed by atoms with Gasteiger partial charge in [-0.1, -0.05) is 18.2 Å². The van der Waals surface area contributed by atoms with Crippen LogP contribution in [0.1, 0.15) is 28.2 Å². The van der Waals surface area contributed by atoms with Crippen LogP contribution in [0, 0.1) is 5.82 Å². The first-order valence-electron chi connectivity index (χ1n) is 5.87. The Morgan fingerprint density at radius 1 is 1.37 bits per heavy atom. The molecule has 0 aliphatic carbocycles. The standard InChI is InChI=1S/C14H15FN2OS/c1-9(10-5-3-4-6-11(10)15)17(2)14(18)13-12(16)7-8-19-13/h3-9H,16H2,1-2H3. The molecule has 1 atom stereocenters. The van der Waals surface area contributed by atoms with E-state index < -0.39 is 0 Å². The highest BCUT2D eigenvalue weighted by Gasteiger charge is 2.23. The first-order valence-corrected chi connectivity index (χ1v) is 6.75. The summed E-state index contributed by atoms with van der Waals surface area (Å²) in [7, 11) is 1.65. The van der Waals surface area contributed by atoms with Gasteiger partial charge in [0.25, 0.3) is 5.91 Å². The zero-order valence-corrected chi connectivity index (χ0v) is 11.6. The number of hydrogen-bond acceptors (Lipinski definition) is 3. The van der Waals surface area contributed by atoms with E-state index in [2.05, 4.69) is 0 Å². The van der Waals surface area contributed by atoms with Crippen molar-refractivity contribution in [1.29, 1.82) is 0 Å². The number of halogens is 1. The molecule has 100 valence electrons. The second-order valence-corrected chi connectivity index (χ2v) is 5.23. The van der Waals surface area contributed by atoms with Crippen LogP contribution in [0.25, 0.3) is 0 Å². The number of nitrogen functional groups attached to an aromatic ring is 1. The number of nitrogens with two attached hydrogens (primary N) is 1. The lowest BCUT2D eigenvalue weighted by Crippen LogP contribution is -2.30. The quantitative estimate of drug-likeness (QED) is 0.936. The van der Waals surface area contributed by atoms with Crippen LogP contribution in [0.5, 0.6) is 0 Å². The van der Waals surface area contributed by atoms with E-state index in [1.807, 2.05) is 0 Å². The maximum Gasteiger partial charge on any atom is 0.266 e. The zero-order chi connectivity index (χ0) is 14.0. The molecule has 1 aromatic carbocycles. The van der Waals surface area contributed by atoms with Crippen molar-refractivity contribution >= 4 is 22.9 Å². The fourth-order valence-electron chi connectivity index (χ4n) is 1.85. The Kier molecular flexibility index (Phi) is 3.85. The predicted octanol–water partition coefficient (Wildman–Crippen LogP) is 3.30. The van der Waals surface area contributed by atoms with Gasteiger partial charge in [-0.05, 0) is 24.4 Å². The highest BCUT2D eigenvalue weighted by atomic mass is 32.1. The monoisotopic (exact) mass is 278 g/mol. The molecule has 2 N–H and O–H groups in total. The van der Waals surface area contributed by atoms with E-state index in [0.717, 1.165) is 0 Å². The van der Waals surface area contributed by atoms with E-state index in [9.17, 15) is 9.18 Å². The molecule has 0 spiro atoms. The van der Waals surface area contributed by atoms with Crippen LogP contribution in [0.3, 0.4) is 0 Å². The average molecular weight is 278 g/mol. The minimum Gasteiger partial charge on any atom is -0.397 e. The Bertz CT molecular complexity index is 597. The summed E-state index contributed by atoms with van der Waals surface area (Å²) in [5.41, 5.74) is 6.69. The van der Waals surface area contributed by atoms with Crippen molar-refractivity contribution in [2.75, 3.05) is 12.8 Å². The number of anilines is 1. The Balaban J connectivity index is 2.25. The Morgan fingerprint density at radius 3 is 2.63 bits per heavy atom. The third kappa shape index (κ3) is 2.61. The zero-order valence-electron chi connectivity index (χ0n) is 10.8. The molecule has 0 bridgehead atoms. The van der Waals surface area contributed by atoms with Crippen molar-refractivity contribution in [3.05, 3.63) is 52.0 Å². The largest absolute Gasteiger partial charge is 0.397 e. The molecule has 0 radical (unpaired) electrons. The van der Waals surface area contributed by atoms with Crippen molar-refractivity contribution < 1.29 is 9.18 Å². The van der Waals surface area contributed by atoms with Gasteiger partial charge in [-0.15, -0.1) is 11.3 Å². The minimum atomic E-state index is -0.352. The molecule has 1 aromatic heterocycles. The smallest absolute Gasteiger partial charge is 0.266 e. The number of thiophene rings is 1. The van der Waals surface area contributed by atoms with Gasteiger partial charge in [0.2, 0.25) is 0 Å². The molecule has 0 saturated carbocycles. The maximum absolute atomic E-state index is 13.7. The Morgan fingerprint density at radius 2 is 2.05 bits per heavy atom. The molecule has 0 fully saturated rings. The SMILES string of the molecule is CC(c1ccccc1F)N(C)C(=O)c1sccc1N. The summed E-state index contributed by atoms with van der Waals surface area (Å²) in [5.74, 6) is -0.503. The van der Waals surface area contributed by atoms with Crippen LogP contribution in [0.15, 0.2) is 35.7 Å². The van der Waals surface area contributed by atoms with Gasteiger partial charge in [0.1, 0.15) is 10.7 Å². The third-order valence-electron chi connectivity index (χ3n) is 3.15. The van der Waals surface area contributed by atoms with E-state index >= 15 is 0 Å². The van der Waals surface area contributed by atoms with Crippen LogP contribution in [-0.2, 0) is 0 Å². The molecule has 2 aromatic rings. The van der Waals surface area contributed by atoms with Crippen molar-refractivity contribution in [2.24, 2.45) is 0 Å². The van der Waals surface area contributed by atoms with Crippen molar-refractivity contribution in [3.63, 3.8) is 0 Å². The summed E-state index contributed by atoms with van der Waals surface area (Å²) >= 11 is 1.29. The molecular formula is C14H15FN2OS. The van der Waals surface area contributed by atoms with Gasteiger partial charge in [0, 0.05) is 12.6 Å². The molecule has 1 unspecified atom stereocenters. The summed E-state index contributed by atoms with van der Waals surface area (Å²) in [4.78, 5) is 14.3. The normalized spacial score (nSPS) is 12.2. The van der Waals surface area contributed by atoms with Crippen molar-refractivity contribution in [1.82, 2.24) is 4.90 Å². The summed E-state index contributed by atoms with van der Waals surface area (Å²) in [6, 6.07) is 7.80. The molecule has 0 aliphatic heterocycles. The minimum absolute atomic E-state index is 0.191. The number of carbonyl (C=O) groups excluding carboxylic acids is 1. The first kappa shape index (κ1) is 13.5. The lowest BCUT2D eigenvalue weighted by Gasteiger charge is -2.25. The van der Waals surface area contributed by atoms with Gasteiger partial charge >= 0.3 is 0 Å². The summed E-state index contributed by atoms with van der Waals surface area (Å²) in [6.07, 6.45) is 0. The summed E-state index contributed by atoms with van der Waals surface area (Å²) < 4.78 is 13.7. The van der Waals surface area contributed by atoms with E-state index in [1.165, 1.54) is 22.3 Å². The van der Waals surface area contributed by atoms with Gasteiger partial charge in [-0.2, -0.15) is 0 Å². The molecule has 19 heavy (non-hydrogen) atoms. The van der Waals surface area contributed by atoms with Crippen LogP contribution in [0.2, 0.25) is 0 Å². The van der Waals surface area contributed by atoms with Crippen molar-refractivity contribution in [3.8, 4) is 0 Å². The summed E-state index contributed by atoms with van der Waals surface area (Å²) in [5, 5.41) is 1.77. The van der Waals surface area contributed by atoms with E-state index in [1.54, 1.807) is 43.6 Å². The van der Waals surface area contributed by atoms with Gasteiger partial charge in [-0.25, -0.2) is 4.39 Å². The fourth-order valence-corrected chi connectivity index (χ4v) is 2.65. The van der Waals surface area contributed by atoms with E-state index in [4.69, 9.17) is 5.73 Å². The maximum atomic E-state index is 13.7. The van der Waals surface area contributed by atoms with Crippen LogP contribution in [0.4, 0.5) is 10.1 Å². The Labute approximate surface area is 115 Å². The van der Waals surface area contributed by atoms with Crippen molar-refractivity contribution in [2.45, 2.75) is 13.0 Å². The molecule has 2 rings (SSSR count). The number of nitrogens with zero attached hydrogens (tertiary/aromatic N) is 1. The molecular weight excluding hydrogens is 263 g/mol. The van der Waals surface area contributed by atoms with Gasteiger partial charge in [0.05, 0.1) is 11.7 Å². The van der Waals surface area contributed by atoms with Crippen LogP contribution in [-0.4, -0.2) is 17.9 Å². The molecule has 1 amide bonds. The lowest BCUT2D eigenvalue weighted by atomic mass is 10.1. The highest BCUT2D eigenvalue weighted by Crippen LogP contribution is 2.26. The molecule has 3 nitrogen and oxygen atoms in total. The third-order valence-corrected chi connectivity index (χ3v) is 4.06. The van der Waals surface area contributed by atoms with Crippen LogP contribution >= 0.6 is 11.3 Å². The average Bonchev–Trinajstić information content (AvgIpc) is 2.83. The fraction of sp³-hybridized carbons (Fsp3) is 0.214. The number of amides is 1. The topological polar surface area (TPSA) is 46.3 Å². The molecule has 0 saturated heterocycles. The predicted molar refractivity (Wildman–Crippen MR) is 75.6 cm³/mol. The number of hydrogen-bond donors (Lipinski definition) is 1. The molecule has 0 aliphatic rings. The van der Waals surface area contributed by atoms with Gasteiger partial charge in [0.15, 0.2) is 0 Å². The van der Waals surface area contributed by atoms with Gasteiger partial charge in [-0.3, -0.25) is 4.79 Å². The number of rotatable bonds is 3. The summed E-state index contributed by atoms with van der Waals surface area (Å²) in [6.45, 7) is 1.79. The number of carbonyl (C=O) groups is 1. The van der Waals surface area contributed by atoms with Crippen LogP contribution < -0.4 is 5.73 Å². The molecule has 1 heterocycles. The Hall–Kier alpha value is -1.88. The first-order chi connectivity index (χ1) is 9.02. The number of benzene rings is 1. The van der Waals surface area contributed by atoms with E-state index in [-0.39, 0.29) is 17.8 Å².